The first kappa shape index (κ1) is 20.4. The van der Waals surface area contributed by atoms with Gasteiger partial charge in [-0.3, -0.25) is 10.1 Å². The van der Waals surface area contributed by atoms with Crippen molar-refractivity contribution in [1.82, 2.24) is 0 Å². The quantitative estimate of drug-likeness (QED) is 0.386. The van der Waals surface area contributed by atoms with Gasteiger partial charge in [-0.05, 0) is 32.9 Å². The minimum atomic E-state index is -3.95. The molecule has 0 heterocycles. The van der Waals surface area contributed by atoms with Crippen molar-refractivity contribution in [2.75, 3.05) is 13.2 Å². The van der Waals surface area contributed by atoms with Crippen molar-refractivity contribution in [3.05, 3.63) is 57.6 Å². The minimum Gasteiger partial charge on any atom is -0.493 e. The van der Waals surface area contributed by atoms with Crippen LogP contribution < -0.4 is 9.47 Å². The molecule has 2 aromatic carbocycles. The summed E-state index contributed by atoms with van der Waals surface area (Å²) in [5.74, 6) is 0.291. The predicted molar refractivity (Wildman–Crippen MR) is 101 cm³/mol. The highest BCUT2D eigenvalue weighted by molar-refractivity contribution is 7.90. The second-order valence-electron chi connectivity index (χ2n) is 5.50. The zero-order valence-electron chi connectivity index (χ0n) is 15.2. The van der Waals surface area contributed by atoms with Crippen LogP contribution in [0.5, 0.6) is 11.5 Å². The molecule has 2 rings (SSSR count). The van der Waals surface area contributed by atoms with E-state index in [1.54, 1.807) is 26.0 Å². The third kappa shape index (κ3) is 5.04. The van der Waals surface area contributed by atoms with Gasteiger partial charge in [0.05, 0.1) is 29.2 Å². The number of benzene rings is 2. The maximum atomic E-state index is 12.4. The molecule has 0 unspecified atom stereocenters. The average molecular weight is 392 g/mol. The molecule has 2 aromatic rings. The third-order valence-electron chi connectivity index (χ3n) is 3.54. The first-order valence-electron chi connectivity index (χ1n) is 8.23. The summed E-state index contributed by atoms with van der Waals surface area (Å²) in [5, 5.41) is 11.3. The standard InChI is InChI=1S/C18H20N2O6S/c1-4-25-17-11-18(26-5-2)16(20(21)22)10-14(17)12-19-27(23,24)15-8-6-13(3)7-9-15/h6-12H,4-5H2,1-3H3/b19-12-. The summed E-state index contributed by atoms with van der Waals surface area (Å²) >= 11 is 0. The highest BCUT2D eigenvalue weighted by atomic mass is 32.2. The second-order valence-corrected chi connectivity index (χ2v) is 7.14. The summed E-state index contributed by atoms with van der Waals surface area (Å²) < 4.78 is 39.1. The number of nitrogens with zero attached hydrogens (tertiary/aromatic N) is 2. The van der Waals surface area contributed by atoms with Crippen molar-refractivity contribution in [2.24, 2.45) is 4.40 Å². The van der Waals surface area contributed by atoms with Gasteiger partial charge in [-0.2, -0.15) is 12.8 Å². The van der Waals surface area contributed by atoms with Crippen molar-refractivity contribution < 1.29 is 22.8 Å². The smallest absolute Gasteiger partial charge is 0.311 e. The van der Waals surface area contributed by atoms with Gasteiger partial charge in [0.2, 0.25) is 5.75 Å². The molecule has 0 aromatic heterocycles. The zero-order chi connectivity index (χ0) is 20.0. The van der Waals surface area contributed by atoms with Crippen molar-refractivity contribution in [2.45, 2.75) is 25.7 Å². The molecule has 0 bridgehead atoms. The minimum absolute atomic E-state index is 0.0303. The number of nitro groups is 1. The molecular weight excluding hydrogens is 372 g/mol. The molecule has 0 radical (unpaired) electrons. The van der Waals surface area contributed by atoms with Crippen LogP contribution in [0, 0.1) is 17.0 Å². The Bertz CT molecular complexity index is 953. The zero-order valence-corrected chi connectivity index (χ0v) is 16.0. The number of hydrogen-bond donors (Lipinski definition) is 0. The average Bonchev–Trinajstić information content (AvgIpc) is 2.61. The molecule has 0 aliphatic heterocycles. The van der Waals surface area contributed by atoms with Gasteiger partial charge in [0, 0.05) is 17.7 Å². The summed E-state index contributed by atoms with van der Waals surface area (Å²) in [4.78, 5) is 10.7. The van der Waals surface area contributed by atoms with Gasteiger partial charge >= 0.3 is 5.69 Å². The molecule has 0 spiro atoms. The van der Waals surface area contributed by atoms with Crippen LogP contribution in [-0.4, -0.2) is 32.8 Å². The van der Waals surface area contributed by atoms with E-state index in [1.807, 2.05) is 6.92 Å². The molecule has 0 N–H and O–H groups in total. The summed E-state index contributed by atoms with van der Waals surface area (Å²) in [6.07, 6.45) is 1.04. The predicted octanol–water partition coefficient (Wildman–Crippen LogP) is 3.51. The molecule has 0 saturated heterocycles. The lowest BCUT2D eigenvalue weighted by Gasteiger charge is -2.10. The van der Waals surface area contributed by atoms with E-state index in [0.29, 0.717) is 0 Å². The van der Waals surface area contributed by atoms with Gasteiger partial charge in [0.15, 0.2) is 0 Å². The van der Waals surface area contributed by atoms with Gasteiger partial charge in [-0.1, -0.05) is 17.7 Å². The first-order valence-corrected chi connectivity index (χ1v) is 9.67. The second kappa shape index (κ2) is 8.63. The van der Waals surface area contributed by atoms with Crippen LogP contribution in [0.2, 0.25) is 0 Å². The van der Waals surface area contributed by atoms with E-state index in [-0.39, 0.29) is 40.9 Å². The van der Waals surface area contributed by atoms with Crippen LogP contribution in [-0.2, 0) is 10.0 Å². The van der Waals surface area contributed by atoms with E-state index in [4.69, 9.17) is 9.47 Å². The molecule has 144 valence electrons. The SMILES string of the molecule is CCOc1cc(OCC)c([N+](=O)[O-])cc1/C=N\S(=O)(=O)c1ccc(C)cc1. The normalized spacial score (nSPS) is 11.5. The molecule has 27 heavy (non-hydrogen) atoms. The van der Waals surface area contributed by atoms with Gasteiger partial charge < -0.3 is 9.47 Å². The molecule has 9 heteroatoms. The van der Waals surface area contributed by atoms with Crippen LogP contribution in [0.1, 0.15) is 25.0 Å². The number of aryl methyl sites for hydroxylation is 1. The van der Waals surface area contributed by atoms with Crippen LogP contribution in [0.15, 0.2) is 45.7 Å². The van der Waals surface area contributed by atoms with E-state index in [1.165, 1.54) is 24.3 Å². The van der Waals surface area contributed by atoms with Gasteiger partial charge in [-0.25, -0.2) is 0 Å². The van der Waals surface area contributed by atoms with Crippen molar-refractivity contribution in [3.8, 4) is 11.5 Å². The first-order chi connectivity index (χ1) is 12.8. The topological polar surface area (TPSA) is 108 Å². The Balaban J connectivity index is 2.49. The molecule has 0 aliphatic carbocycles. The van der Waals surface area contributed by atoms with Crippen LogP contribution in [0.25, 0.3) is 0 Å². The third-order valence-corrected chi connectivity index (χ3v) is 4.79. The Kier molecular flexibility index (Phi) is 6.51. The van der Waals surface area contributed by atoms with Crippen molar-refractivity contribution >= 4 is 21.9 Å². The molecule has 0 atom stereocenters. The Morgan fingerprint density at radius 2 is 1.67 bits per heavy atom. The van der Waals surface area contributed by atoms with Gasteiger partial charge in [0.25, 0.3) is 10.0 Å². The van der Waals surface area contributed by atoms with Crippen LogP contribution >= 0.6 is 0 Å². The van der Waals surface area contributed by atoms with Crippen molar-refractivity contribution in [1.29, 1.82) is 0 Å². The van der Waals surface area contributed by atoms with Gasteiger partial charge in [-0.15, -0.1) is 0 Å². The molecule has 0 fully saturated rings. The lowest BCUT2D eigenvalue weighted by Crippen LogP contribution is -2.03. The van der Waals surface area contributed by atoms with Crippen LogP contribution in [0.4, 0.5) is 5.69 Å². The highest BCUT2D eigenvalue weighted by Gasteiger charge is 2.20. The fourth-order valence-corrected chi connectivity index (χ4v) is 3.11. The number of ether oxygens (including phenoxy) is 2. The summed E-state index contributed by atoms with van der Waals surface area (Å²) in [5.41, 5.74) is 0.788. The lowest BCUT2D eigenvalue weighted by molar-refractivity contribution is -0.385. The number of rotatable bonds is 8. The molecule has 0 saturated carbocycles. The van der Waals surface area contributed by atoms with E-state index in [9.17, 15) is 18.5 Å². The lowest BCUT2D eigenvalue weighted by atomic mass is 10.1. The molecule has 0 aliphatic rings. The van der Waals surface area contributed by atoms with E-state index in [0.717, 1.165) is 11.8 Å². The van der Waals surface area contributed by atoms with Crippen molar-refractivity contribution in [3.63, 3.8) is 0 Å². The summed E-state index contributed by atoms with van der Waals surface area (Å²) in [7, 11) is -3.95. The largest absolute Gasteiger partial charge is 0.493 e. The number of sulfonamides is 1. The van der Waals surface area contributed by atoms with E-state index < -0.39 is 14.9 Å². The Labute approximate surface area is 157 Å². The molecule has 8 nitrogen and oxygen atoms in total. The monoisotopic (exact) mass is 392 g/mol. The fourth-order valence-electron chi connectivity index (χ4n) is 2.26. The molecular formula is C18H20N2O6S. The maximum absolute atomic E-state index is 12.4. The molecule has 0 amide bonds. The van der Waals surface area contributed by atoms with E-state index >= 15 is 0 Å². The maximum Gasteiger partial charge on any atom is 0.311 e. The Morgan fingerprint density at radius 1 is 1.07 bits per heavy atom. The number of nitro benzene ring substituents is 1. The fraction of sp³-hybridized carbons (Fsp3) is 0.278. The Hall–Kier alpha value is -2.94. The number of hydrogen-bond acceptors (Lipinski definition) is 6. The van der Waals surface area contributed by atoms with Gasteiger partial charge in [0.1, 0.15) is 5.75 Å². The van der Waals surface area contributed by atoms with E-state index in [2.05, 4.69) is 4.40 Å². The summed E-state index contributed by atoms with van der Waals surface area (Å²) in [6.45, 7) is 5.81. The highest BCUT2D eigenvalue weighted by Crippen LogP contribution is 2.34. The van der Waals surface area contributed by atoms with Crippen LogP contribution in [0.3, 0.4) is 0 Å². The summed E-state index contributed by atoms with van der Waals surface area (Å²) in [6, 6.07) is 8.78. The Morgan fingerprint density at radius 3 is 2.22 bits per heavy atom.